The van der Waals surface area contributed by atoms with Gasteiger partial charge in [-0.3, -0.25) is 4.98 Å². The van der Waals surface area contributed by atoms with Crippen molar-refractivity contribution in [3.63, 3.8) is 0 Å². The molecule has 0 aliphatic rings. The van der Waals surface area contributed by atoms with Gasteiger partial charge in [-0.2, -0.15) is 0 Å². The molecule has 0 radical (unpaired) electrons. The average Bonchev–Trinajstić information content (AvgIpc) is 2.16. The second kappa shape index (κ2) is 3.95. The summed E-state index contributed by atoms with van der Waals surface area (Å²) in [5.74, 6) is -0.885. The van der Waals surface area contributed by atoms with Gasteiger partial charge in [-0.15, -0.1) is 0 Å². The van der Waals surface area contributed by atoms with Crippen molar-refractivity contribution in [3.8, 4) is 0 Å². The Labute approximate surface area is 82.2 Å². The number of aromatic nitrogens is 1. The Bertz CT molecular complexity index is 341. The third-order valence-electron chi connectivity index (χ3n) is 2.15. The molecule has 3 N–H and O–H groups in total. The quantitative estimate of drug-likeness (QED) is 0.737. The summed E-state index contributed by atoms with van der Waals surface area (Å²) < 4.78 is 0. The molecule has 5 nitrogen and oxygen atoms in total. The van der Waals surface area contributed by atoms with Crippen LogP contribution in [0.4, 0.5) is 11.4 Å². The maximum atomic E-state index is 10.7. The molecule has 0 spiro atoms. The molecule has 0 aliphatic heterocycles. The highest BCUT2D eigenvalue weighted by atomic mass is 16.4. The van der Waals surface area contributed by atoms with Crippen LogP contribution in [0.5, 0.6) is 0 Å². The van der Waals surface area contributed by atoms with Crippen LogP contribution >= 0.6 is 0 Å². The normalized spacial score (nSPS) is 12.1. The SMILES string of the molecule is CC(C(=O)O)N(C)c1ccncc1N. The molecule has 0 saturated carbocycles. The Morgan fingerprint density at radius 1 is 1.71 bits per heavy atom. The van der Waals surface area contributed by atoms with E-state index in [0.717, 1.165) is 0 Å². The fourth-order valence-corrected chi connectivity index (χ4v) is 1.09. The van der Waals surface area contributed by atoms with Crippen LogP contribution in [0, 0.1) is 0 Å². The Morgan fingerprint density at radius 2 is 2.36 bits per heavy atom. The second-order valence-electron chi connectivity index (χ2n) is 3.06. The molecule has 1 heterocycles. The first kappa shape index (κ1) is 10.3. The van der Waals surface area contributed by atoms with Crippen LogP contribution in [0.1, 0.15) is 6.92 Å². The van der Waals surface area contributed by atoms with Crippen LogP contribution in [0.3, 0.4) is 0 Å². The molecule has 5 heteroatoms. The van der Waals surface area contributed by atoms with E-state index in [4.69, 9.17) is 10.8 Å². The highest BCUT2D eigenvalue weighted by Gasteiger charge is 2.18. The topological polar surface area (TPSA) is 79.5 Å². The van der Waals surface area contributed by atoms with E-state index < -0.39 is 12.0 Å². The van der Waals surface area contributed by atoms with Crippen molar-refractivity contribution >= 4 is 17.3 Å². The maximum absolute atomic E-state index is 10.7. The van der Waals surface area contributed by atoms with Crippen molar-refractivity contribution in [1.82, 2.24) is 4.98 Å². The fraction of sp³-hybridized carbons (Fsp3) is 0.333. The Morgan fingerprint density at radius 3 is 2.86 bits per heavy atom. The number of carboxylic acids is 1. The minimum Gasteiger partial charge on any atom is -0.480 e. The monoisotopic (exact) mass is 195 g/mol. The smallest absolute Gasteiger partial charge is 0.326 e. The van der Waals surface area contributed by atoms with Crippen molar-refractivity contribution in [2.45, 2.75) is 13.0 Å². The molecule has 0 aromatic carbocycles. The van der Waals surface area contributed by atoms with Gasteiger partial charge in [-0.05, 0) is 13.0 Å². The van der Waals surface area contributed by atoms with E-state index in [9.17, 15) is 4.79 Å². The van der Waals surface area contributed by atoms with E-state index in [0.29, 0.717) is 11.4 Å². The van der Waals surface area contributed by atoms with Crippen molar-refractivity contribution in [2.24, 2.45) is 0 Å². The molecular formula is C9H13N3O2. The largest absolute Gasteiger partial charge is 0.480 e. The number of anilines is 2. The Hall–Kier alpha value is -1.78. The maximum Gasteiger partial charge on any atom is 0.326 e. The zero-order chi connectivity index (χ0) is 10.7. The number of carbonyl (C=O) groups is 1. The highest BCUT2D eigenvalue weighted by molar-refractivity contribution is 5.79. The van der Waals surface area contributed by atoms with E-state index in [2.05, 4.69) is 4.98 Å². The molecule has 1 atom stereocenters. The summed E-state index contributed by atoms with van der Waals surface area (Å²) in [4.78, 5) is 16.2. The number of carboxylic acid groups (broad SMARTS) is 1. The predicted octanol–water partition coefficient (Wildman–Crippen LogP) is 0.573. The minimum absolute atomic E-state index is 0.475. The fourth-order valence-electron chi connectivity index (χ4n) is 1.09. The summed E-state index contributed by atoms with van der Waals surface area (Å²) in [6.07, 6.45) is 3.08. The molecule has 1 aromatic heterocycles. The molecule has 0 amide bonds. The van der Waals surface area contributed by atoms with E-state index in [1.165, 1.54) is 6.20 Å². The molecule has 14 heavy (non-hydrogen) atoms. The zero-order valence-corrected chi connectivity index (χ0v) is 8.14. The van der Waals surface area contributed by atoms with Gasteiger partial charge >= 0.3 is 5.97 Å². The molecular weight excluding hydrogens is 182 g/mol. The van der Waals surface area contributed by atoms with E-state index in [1.54, 1.807) is 31.1 Å². The lowest BCUT2D eigenvalue weighted by atomic mass is 10.2. The van der Waals surface area contributed by atoms with Crippen LogP contribution in [-0.2, 0) is 4.79 Å². The first-order chi connectivity index (χ1) is 6.54. The van der Waals surface area contributed by atoms with Crippen LogP contribution < -0.4 is 10.6 Å². The van der Waals surface area contributed by atoms with Gasteiger partial charge in [0.05, 0.1) is 17.6 Å². The zero-order valence-electron chi connectivity index (χ0n) is 8.14. The summed E-state index contributed by atoms with van der Waals surface area (Å²) in [7, 11) is 1.68. The average molecular weight is 195 g/mol. The standard InChI is InChI=1S/C9H13N3O2/c1-6(9(13)14)12(2)8-3-4-11-5-7(8)10/h3-6H,10H2,1-2H3,(H,13,14). The Kier molecular flexibility index (Phi) is 2.91. The highest BCUT2D eigenvalue weighted by Crippen LogP contribution is 2.21. The number of nitrogens with two attached hydrogens (primary N) is 1. The summed E-state index contributed by atoms with van der Waals surface area (Å²) >= 11 is 0. The van der Waals surface area contributed by atoms with E-state index >= 15 is 0 Å². The molecule has 0 saturated heterocycles. The molecule has 76 valence electrons. The number of nitrogen functional groups attached to an aromatic ring is 1. The number of hydrogen-bond acceptors (Lipinski definition) is 4. The first-order valence-electron chi connectivity index (χ1n) is 4.19. The summed E-state index contributed by atoms with van der Waals surface area (Å²) in [6.45, 7) is 1.60. The van der Waals surface area contributed by atoms with Crippen molar-refractivity contribution in [1.29, 1.82) is 0 Å². The minimum atomic E-state index is -0.885. The summed E-state index contributed by atoms with van der Waals surface area (Å²) in [6, 6.07) is 1.08. The molecule has 1 aromatic rings. The number of hydrogen-bond donors (Lipinski definition) is 2. The molecule has 1 rings (SSSR count). The van der Waals surface area contributed by atoms with Gasteiger partial charge in [-0.25, -0.2) is 4.79 Å². The predicted molar refractivity (Wildman–Crippen MR) is 54.2 cm³/mol. The third-order valence-corrected chi connectivity index (χ3v) is 2.15. The first-order valence-corrected chi connectivity index (χ1v) is 4.19. The number of aliphatic carboxylic acids is 1. The van der Waals surface area contributed by atoms with Gasteiger partial charge < -0.3 is 15.7 Å². The second-order valence-corrected chi connectivity index (χ2v) is 3.06. The number of likely N-dealkylation sites (N-methyl/N-ethyl adjacent to an activating group) is 1. The summed E-state index contributed by atoms with van der Waals surface area (Å²) in [5, 5.41) is 8.81. The number of pyridine rings is 1. The number of nitrogens with zero attached hydrogens (tertiary/aromatic N) is 2. The van der Waals surface area contributed by atoms with E-state index in [-0.39, 0.29) is 0 Å². The lowest BCUT2D eigenvalue weighted by molar-refractivity contribution is -0.138. The van der Waals surface area contributed by atoms with Crippen molar-refractivity contribution in [3.05, 3.63) is 18.5 Å². The van der Waals surface area contributed by atoms with Gasteiger partial charge in [0.1, 0.15) is 6.04 Å². The van der Waals surface area contributed by atoms with Crippen molar-refractivity contribution in [2.75, 3.05) is 17.7 Å². The molecule has 1 unspecified atom stereocenters. The van der Waals surface area contributed by atoms with Gasteiger partial charge in [-0.1, -0.05) is 0 Å². The third kappa shape index (κ3) is 1.93. The summed E-state index contributed by atoms with van der Waals surface area (Å²) in [5.41, 5.74) is 6.81. The lowest BCUT2D eigenvalue weighted by Gasteiger charge is -2.24. The van der Waals surface area contributed by atoms with Crippen LogP contribution in [0.2, 0.25) is 0 Å². The Balaban J connectivity index is 2.94. The van der Waals surface area contributed by atoms with Gasteiger partial charge in [0.2, 0.25) is 0 Å². The van der Waals surface area contributed by atoms with Gasteiger partial charge in [0.15, 0.2) is 0 Å². The molecule has 0 fully saturated rings. The van der Waals surface area contributed by atoms with Crippen LogP contribution in [0.25, 0.3) is 0 Å². The number of rotatable bonds is 3. The van der Waals surface area contributed by atoms with E-state index in [1.807, 2.05) is 0 Å². The lowest BCUT2D eigenvalue weighted by Crippen LogP contribution is -2.36. The van der Waals surface area contributed by atoms with Gasteiger partial charge in [0.25, 0.3) is 0 Å². The molecule has 0 aliphatic carbocycles. The van der Waals surface area contributed by atoms with Crippen LogP contribution in [-0.4, -0.2) is 29.1 Å². The van der Waals surface area contributed by atoms with Crippen molar-refractivity contribution < 1.29 is 9.90 Å². The van der Waals surface area contributed by atoms with Crippen LogP contribution in [0.15, 0.2) is 18.5 Å². The molecule has 0 bridgehead atoms. The van der Waals surface area contributed by atoms with Gasteiger partial charge in [0, 0.05) is 13.2 Å².